The van der Waals surface area contributed by atoms with Crippen LogP contribution in [-0.4, -0.2) is 11.1 Å². The van der Waals surface area contributed by atoms with E-state index in [1.165, 1.54) is 12.5 Å². The molecule has 1 rings (SSSR count). The molecule has 1 N–H and O–H groups in total. The minimum absolute atomic E-state index is 0. The molecule has 5 nitrogen and oxygen atoms in total. The van der Waals surface area contributed by atoms with Crippen molar-refractivity contribution in [1.29, 1.82) is 0 Å². The van der Waals surface area contributed by atoms with E-state index in [0.29, 0.717) is 5.01 Å². The van der Waals surface area contributed by atoms with Crippen LogP contribution in [0.1, 0.15) is 0 Å². The van der Waals surface area contributed by atoms with Gasteiger partial charge >= 0.3 is 18.9 Å². The number of carbonyl (C=O) groups excluding carboxylic acids is 1. The van der Waals surface area contributed by atoms with Crippen LogP contribution < -0.4 is 29.6 Å². The number of nitrogens with one attached hydrogen (secondary N) is 1. The third-order valence-corrected chi connectivity index (χ3v) is 0.626. The molecule has 0 radical (unpaired) electrons. The van der Waals surface area contributed by atoms with Gasteiger partial charge < -0.3 is 14.7 Å². The summed E-state index contributed by atoms with van der Waals surface area (Å²) in [5.74, 6) is 0. The number of hydrazine groups is 1. The predicted octanol–water partition coefficient (Wildman–Crippen LogP) is -4.44. The maximum Gasteiger partial charge on any atom is 1.00 e. The van der Waals surface area contributed by atoms with Crippen LogP contribution >= 0.6 is 0 Å². The van der Waals surface area contributed by atoms with Crippen LogP contribution in [0.5, 0.6) is 0 Å². The van der Waals surface area contributed by atoms with Crippen molar-refractivity contribution in [2.45, 2.75) is 0 Å². The zero-order valence-corrected chi connectivity index (χ0v) is 4.83. The van der Waals surface area contributed by atoms with Crippen molar-refractivity contribution in [3.63, 3.8) is 0 Å². The van der Waals surface area contributed by atoms with E-state index < -0.39 is 6.09 Å². The van der Waals surface area contributed by atoms with Gasteiger partial charge in [-0.1, -0.05) is 5.59 Å². The van der Waals surface area contributed by atoms with Crippen LogP contribution in [0.4, 0.5) is 4.79 Å². The molecule has 9 heavy (non-hydrogen) atoms. The Morgan fingerprint density at radius 3 is 2.67 bits per heavy atom. The zero-order chi connectivity index (χ0) is 5.98. The first-order chi connectivity index (χ1) is 3.80. The van der Waals surface area contributed by atoms with Gasteiger partial charge in [0.05, 0.1) is 6.20 Å². The summed E-state index contributed by atoms with van der Waals surface area (Å²) in [5, 5.41) is 10.5. The van der Waals surface area contributed by atoms with E-state index in [-0.39, 0.29) is 18.9 Å². The van der Waals surface area contributed by atoms with Gasteiger partial charge in [-0.05, 0) is 0 Å². The van der Waals surface area contributed by atoms with Crippen molar-refractivity contribution in [2.75, 3.05) is 0 Å². The second-order valence-electron chi connectivity index (χ2n) is 1.13. The Hall–Kier alpha value is -0.633. The molecule has 0 fully saturated rings. The van der Waals surface area contributed by atoms with Crippen molar-refractivity contribution in [2.24, 2.45) is 0 Å². The topological polar surface area (TPSA) is 64.6 Å². The SMILES string of the molecule is O=C([O-])N1C=CON1.[Li+]. The molecular weight excluding hydrogens is 119 g/mol. The van der Waals surface area contributed by atoms with Gasteiger partial charge in [-0.15, -0.1) is 0 Å². The van der Waals surface area contributed by atoms with Crippen molar-refractivity contribution in [3.8, 4) is 0 Å². The molecule has 1 amide bonds. The third kappa shape index (κ3) is 1.97. The largest absolute Gasteiger partial charge is 1.00 e. The molecule has 0 saturated heterocycles. The van der Waals surface area contributed by atoms with Crippen molar-refractivity contribution < 1.29 is 33.6 Å². The van der Waals surface area contributed by atoms with Gasteiger partial charge in [-0.25, -0.2) is 5.01 Å². The fourth-order valence-corrected chi connectivity index (χ4v) is 0.307. The number of amides is 1. The molecule has 0 aromatic rings. The number of rotatable bonds is 0. The Kier molecular flexibility index (Phi) is 3.16. The smallest absolute Gasteiger partial charge is 0.529 e. The van der Waals surface area contributed by atoms with Gasteiger partial charge in [0.25, 0.3) is 0 Å². The first-order valence-electron chi connectivity index (χ1n) is 1.89. The quantitative estimate of drug-likeness (QED) is 0.329. The van der Waals surface area contributed by atoms with Gasteiger partial charge in [0.1, 0.15) is 6.26 Å². The number of hydrogen-bond acceptors (Lipinski definition) is 4. The van der Waals surface area contributed by atoms with E-state index in [9.17, 15) is 9.90 Å². The van der Waals surface area contributed by atoms with Crippen LogP contribution in [0, 0.1) is 0 Å². The Morgan fingerprint density at radius 1 is 1.78 bits per heavy atom. The number of nitrogens with zero attached hydrogens (tertiary/aromatic N) is 1. The Labute approximate surface area is 63.4 Å². The molecule has 0 aromatic heterocycles. The molecular formula is C3H3LiN2O3. The average Bonchev–Trinajstić information content (AvgIpc) is 2.12. The normalized spacial score (nSPS) is 14.4. The summed E-state index contributed by atoms with van der Waals surface area (Å²) in [6.45, 7) is 0. The van der Waals surface area contributed by atoms with Crippen molar-refractivity contribution in [3.05, 3.63) is 12.5 Å². The summed E-state index contributed by atoms with van der Waals surface area (Å²) in [5.41, 5.74) is 2.02. The first-order valence-corrected chi connectivity index (χ1v) is 1.89. The fourth-order valence-electron chi connectivity index (χ4n) is 0.307. The second kappa shape index (κ2) is 3.40. The summed E-state index contributed by atoms with van der Waals surface area (Å²) in [7, 11) is 0. The number of carboxylic acid groups (broad SMARTS) is 1. The van der Waals surface area contributed by atoms with Gasteiger partial charge in [0, 0.05) is 0 Å². The molecule has 0 bridgehead atoms. The van der Waals surface area contributed by atoms with Crippen LogP contribution in [-0.2, 0) is 4.84 Å². The van der Waals surface area contributed by atoms with Crippen LogP contribution in [0.25, 0.3) is 0 Å². The van der Waals surface area contributed by atoms with E-state index in [0.717, 1.165) is 0 Å². The van der Waals surface area contributed by atoms with Gasteiger partial charge in [-0.2, -0.15) is 0 Å². The molecule has 0 saturated carbocycles. The summed E-state index contributed by atoms with van der Waals surface area (Å²) in [4.78, 5) is 14.1. The molecule has 6 heteroatoms. The minimum Gasteiger partial charge on any atom is -0.529 e. The molecule has 0 aromatic carbocycles. The van der Waals surface area contributed by atoms with Gasteiger partial charge in [0.2, 0.25) is 0 Å². The van der Waals surface area contributed by atoms with Gasteiger partial charge in [0.15, 0.2) is 6.09 Å². The summed E-state index contributed by atoms with van der Waals surface area (Å²) in [6, 6.07) is 0. The Morgan fingerprint density at radius 2 is 2.44 bits per heavy atom. The maximum atomic E-state index is 9.82. The first kappa shape index (κ1) is 8.37. The van der Waals surface area contributed by atoms with E-state index >= 15 is 0 Å². The van der Waals surface area contributed by atoms with E-state index in [2.05, 4.69) is 4.84 Å². The molecule has 0 spiro atoms. The van der Waals surface area contributed by atoms with Crippen LogP contribution in [0.2, 0.25) is 0 Å². The molecule has 1 aliphatic rings. The van der Waals surface area contributed by atoms with Crippen molar-refractivity contribution in [1.82, 2.24) is 10.6 Å². The third-order valence-electron chi connectivity index (χ3n) is 0.626. The average molecular weight is 122 g/mol. The minimum atomic E-state index is -1.35. The monoisotopic (exact) mass is 122 g/mol. The number of carbonyl (C=O) groups is 1. The maximum absolute atomic E-state index is 9.82. The molecule has 0 unspecified atom stereocenters. The zero-order valence-electron chi connectivity index (χ0n) is 4.83. The summed E-state index contributed by atoms with van der Waals surface area (Å²) >= 11 is 0. The van der Waals surface area contributed by atoms with E-state index in [1.807, 2.05) is 5.59 Å². The molecule has 1 heterocycles. The fraction of sp³-hybridized carbons (Fsp3) is 0. The predicted molar refractivity (Wildman–Crippen MR) is 20.6 cm³/mol. The van der Waals surface area contributed by atoms with Crippen LogP contribution in [0.3, 0.4) is 0 Å². The molecule has 0 aliphatic carbocycles. The molecule has 44 valence electrons. The standard InChI is InChI=1S/C3H4N2O3.Li/c6-3(7)5-1-2-8-4-5;/h1-2,4H,(H,6,7);/q;+1/p-1. The Balaban J connectivity index is 0.000000640. The van der Waals surface area contributed by atoms with Crippen molar-refractivity contribution >= 4 is 6.09 Å². The van der Waals surface area contributed by atoms with Crippen LogP contribution in [0.15, 0.2) is 12.5 Å². The summed E-state index contributed by atoms with van der Waals surface area (Å²) < 4.78 is 0. The van der Waals surface area contributed by atoms with E-state index in [1.54, 1.807) is 0 Å². The molecule has 1 aliphatic heterocycles. The van der Waals surface area contributed by atoms with Gasteiger partial charge in [-0.3, -0.25) is 0 Å². The molecule has 0 atom stereocenters. The summed E-state index contributed by atoms with van der Waals surface area (Å²) in [6.07, 6.45) is 1.03. The number of hydrogen-bond donors (Lipinski definition) is 1. The Bertz CT molecular complexity index is 137. The van der Waals surface area contributed by atoms with E-state index in [4.69, 9.17) is 0 Å². The second-order valence-corrected chi connectivity index (χ2v) is 1.13.